The molecule has 2 aromatic rings. The van der Waals surface area contributed by atoms with Crippen LogP contribution in [0.4, 0.5) is 17.6 Å². The summed E-state index contributed by atoms with van der Waals surface area (Å²) in [6, 6.07) is 8.74. The number of hydrogen-bond acceptors (Lipinski definition) is 2. The van der Waals surface area contributed by atoms with E-state index in [1.165, 1.54) is 50.4 Å². The molecule has 2 atom stereocenters. The summed E-state index contributed by atoms with van der Waals surface area (Å²) >= 11 is 0. The first-order chi connectivity index (χ1) is 13.0. The van der Waals surface area contributed by atoms with E-state index in [1.54, 1.807) is 0 Å². The average Bonchev–Trinajstić information content (AvgIpc) is 2.62. The number of halogens is 4. The molecular weight excluding hydrogens is 374 g/mol. The quantitative estimate of drug-likeness (QED) is 0.773. The second kappa shape index (κ2) is 6.61. The van der Waals surface area contributed by atoms with Crippen molar-refractivity contribution >= 4 is 11.9 Å². The molecule has 0 aromatic heterocycles. The predicted molar refractivity (Wildman–Crippen MR) is 96.1 cm³/mol. The van der Waals surface area contributed by atoms with E-state index in [0.717, 1.165) is 17.9 Å². The van der Waals surface area contributed by atoms with Crippen molar-refractivity contribution in [1.82, 2.24) is 10.2 Å². The highest BCUT2D eigenvalue weighted by Gasteiger charge is 2.49. The number of carbonyl (C=O) groups excluding carboxylic acids is 1. The van der Waals surface area contributed by atoms with Gasteiger partial charge in [0.05, 0.1) is 11.5 Å². The van der Waals surface area contributed by atoms with Crippen molar-refractivity contribution in [2.75, 3.05) is 7.05 Å². The molecule has 0 saturated carbocycles. The van der Waals surface area contributed by atoms with E-state index in [4.69, 9.17) is 5.41 Å². The van der Waals surface area contributed by atoms with Gasteiger partial charge in [-0.2, -0.15) is 0 Å². The van der Waals surface area contributed by atoms with Gasteiger partial charge in [0.15, 0.2) is 17.6 Å². The minimum Gasteiger partial charge on any atom is -0.346 e. The fourth-order valence-corrected chi connectivity index (χ4v) is 3.52. The van der Waals surface area contributed by atoms with Crippen molar-refractivity contribution in [1.29, 1.82) is 5.41 Å². The van der Waals surface area contributed by atoms with Crippen LogP contribution in [0.25, 0.3) is 0 Å². The number of rotatable bonds is 3. The van der Waals surface area contributed by atoms with Gasteiger partial charge in [-0.3, -0.25) is 15.1 Å². The topological polar surface area (TPSA) is 56.2 Å². The van der Waals surface area contributed by atoms with Gasteiger partial charge in [0.2, 0.25) is 5.91 Å². The maximum absolute atomic E-state index is 14.6. The summed E-state index contributed by atoms with van der Waals surface area (Å²) in [5.74, 6) is -7.15. The van der Waals surface area contributed by atoms with E-state index in [2.05, 4.69) is 5.32 Å². The van der Waals surface area contributed by atoms with Gasteiger partial charge < -0.3 is 5.32 Å². The highest BCUT2D eigenvalue weighted by Crippen LogP contribution is 2.42. The molecule has 148 valence electrons. The summed E-state index contributed by atoms with van der Waals surface area (Å²) in [4.78, 5) is 14.0. The molecule has 1 saturated heterocycles. The van der Waals surface area contributed by atoms with Crippen LogP contribution in [0.3, 0.4) is 0 Å². The number of hydrogen-bond donors (Lipinski definition) is 2. The number of carbonyl (C=O) groups is 1. The monoisotopic (exact) mass is 393 g/mol. The Labute approximate surface area is 159 Å². The first kappa shape index (κ1) is 19.9. The Balaban J connectivity index is 2.17. The van der Waals surface area contributed by atoms with Crippen LogP contribution in [-0.2, 0) is 16.3 Å². The van der Waals surface area contributed by atoms with Crippen LogP contribution in [-0.4, -0.2) is 23.8 Å². The lowest BCUT2D eigenvalue weighted by Gasteiger charge is -2.46. The molecule has 1 aliphatic heterocycles. The smallest absolute Gasteiger partial charge is 0.270 e. The molecule has 3 rings (SSSR count). The Morgan fingerprint density at radius 1 is 1.14 bits per heavy atom. The minimum absolute atomic E-state index is 0.131. The first-order valence-corrected chi connectivity index (χ1v) is 8.54. The van der Waals surface area contributed by atoms with Crippen LogP contribution >= 0.6 is 0 Å². The van der Waals surface area contributed by atoms with Crippen LogP contribution in [0.5, 0.6) is 0 Å². The predicted octanol–water partition coefficient (Wildman–Crippen LogP) is 4.07. The summed E-state index contributed by atoms with van der Waals surface area (Å²) in [7, 11) is 1.38. The number of likely N-dealkylation sites (N-methyl/N-ethyl adjacent to an activating group) is 1. The highest BCUT2D eigenvalue weighted by molar-refractivity contribution is 6.02. The van der Waals surface area contributed by atoms with E-state index < -0.39 is 34.9 Å². The van der Waals surface area contributed by atoms with Crippen molar-refractivity contribution in [2.45, 2.75) is 31.2 Å². The zero-order valence-electron chi connectivity index (χ0n) is 15.5. The number of nitrogens with zero attached hydrogens (tertiary/aromatic N) is 1. The summed E-state index contributed by atoms with van der Waals surface area (Å²) in [5.41, 5.74) is -1.51. The molecule has 8 heteroatoms. The number of nitrogens with one attached hydrogen (secondary N) is 2. The molecule has 28 heavy (non-hydrogen) atoms. The summed E-state index contributed by atoms with van der Waals surface area (Å²) in [6.07, 6.45) is 0. The van der Waals surface area contributed by atoms with E-state index in [0.29, 0.717) is 5.56 Å². The van der Waals surface area contributed by atoms with E-state index in [-0.39, 0.29) is 17.1 Å². The SMILES string of the molecule is CN1C(=N)N[C@](C)(c2cccc(F)c2F)[C@H](c2ccc(C(C)(F)F)cc2)C1=O. The van der Waals surface area contributed by atoms with E-state index >= 15 is 0 Å². The van der Waals surface area contributed by atoms with Gasteiger partial charge in [0.1, 0.15) is 0 Å². The van der Waals surface area contributed by atoms with Crippen LogP contribution < -0.4 is 5.32 Å². The first-order valence-electron chi connectivity index (χ1n) is 8.54. The minimum atomic E-state index is -3.05. The van der Waals surface area contributed by atoms with Gasteiger partial charge in [-0.15, -0.1) is 0 Å². The highest BCUT2D eigenvalue weighted by atomic mass is 19.3. The van der Waals surface area contributed by atoms with Gasteiger partial charge in [-0.05, 0) is 18.6 Å². The van der Waals surface area contributed by atoms with Crippen molar-refractivity contribution in [3.63, 3.8) is 0 Å². The van der Waals surface area contributed by atoms with Crippen LogP contribution in [0.2, 0.25) is 0 Å². The third kappa shape index (κ3) is 3.12. The average molecular weight is 393 g/mol. The molecule has 2 N–H and O–H groups in total. The molecular formula is C20H19F4N3O. The number of amides is 1. The van der Waals surface area contributed by atoms with Crippen LogP contribution in [0, 0.1) is 17.0 Å². The standard InChI is InChI=1S/C20H19F4N3O/c1-19(13-5-4-6-14(21)16(13)22)15(17(28)27(3)18(25)26-19)11-7-9-12(10-8-11)20(2,23)24/h4-10,15H,1-3H3,(H2,25,26)/t15-,19-/m1/s1. The zero-order valence-corrected chi connectivity index (χ0v) is 15.5. The molecule has 0 radical (unpaired) electrons. The molecule has 0 spiro atoms. The summed E-state index contributed by atoms with van der Waals surface area (Å²) in [6.45, 7) is 2.24. The normalized spacial score (nSPS) is 23.0. The van der Waals surface area contributed by atoms with Gasteiger partial charge in [0.25, 0.3) is 5.92 Å². The second-order valence-electron chi connectivity index (χ2n) is 7.12. The number of alkyl halides is 2. The molecule has 0 bridgehead atoms. The molecule has 1 aliphatic rings. The maximum Gasteiger partial charge on any atom is 0.270 e. The molecule has 0 aliphatic carbocycles. The van der Waals surface area contributed by atoms with Crippen LogP contribution in [0.15, 0.2) is 42.5 Å². The fraction of sp³-hybridized carbons (Fsp3) is 0.300. The van der Waals surface area contributed by atoms with Gasteiger partial charge in [-0.1, -0.05) is 36.4 Å². The lowest BCUT2D eigenvalue weighted by atomic mass is 9.73. The third-order valence-electron chi connectivity index (χ3n) is 5.13. The second-order valence-corrected chi connectivity index (χ2v) is 7.12. The number of guanidine groups is 1. The third-order valence-corrected chi connectivity index (χ3v) is 5.13. The molecule has 4 nitrogen and oxygen atoms in total. The Morgan fingerprint density at radius 3 is 2.32 bits per heavy atom. The maximum atomic E-state index is 14.6. The molecule has 1 heterocycles. The van der Waals surface area contributed by atoms with Gasteiger partial charge in [-0.25, -0.2) is 17.6 Å². The van der Waals surface area contributed by atoms with E-state index in [1.807, 2.05) is 0 Å². The Morgan fingerprint density at radius 2 is 1.75 bits per heavy atom. The zero-order chi connectivity index (χ0) is 20.9. The largest absolute Gasteiger partial charge is 0.346 e. The Hall–Kier alpha value is -2.90. The molecule has 2 aromatic carbocycles. The molecule has 1 fully saturated rings. The number of benzene rings is 2. The van der Waals surface area contributed by atoms with Gasteiger partial charge in [0, 0.05) is 25.1 Å². The Kier molecular flexibility index (Phi) is 4.69. The van der Waals surface area contributed by atoms with Crippen molar-refractivity contribution in [2.24, 2.45) is 0 Å². The molecule has 0 unspecified atom stereocenters. The lowest BCUT2D eigenvalue weighted by Crippen LogP contribution is -2.62. The molecule has 1 amide bonds. The van der Waals surface area contributed by atoms with Crippen molar-refractivity contribution in [3.05, 3.63) is 70.8 Å². The summed E-state index contributed by atoms with van der Waals surface area (Å²) < 4.78 is 55.5. The van der Waals surface area contributed by atoms with Crippen molar-refractivity contribution < 1.29 is 22.4 Å². The van der Waals surface area contributed by atoms with Gasteiger partial charge >= 0.3 is 0 Å². The van der Waals surface area contributed by atoms with E-state index in [9.17, 15) is 22.4 Å². The van der Waals surface area contributed by atoms with Crippen LogP contribution in [0.1, 0.15) is 36.5 Å². The fourth-order valence-electron chi connectivity index (χ4n) is 3.52. The lowest BCUT2D eigenvalue weighted by molar-refractivity contribution is -0.131. The van der Waals surface area contributed by atoms with Crippen molar-refractivity contribution in [3.8, 4) is 0 Å². The Bertz CT molecular complexity index is 939. The summed E-state index contributed by atoms with van der Waals surface area (Å²) in [5, 5.41) is 10.8.